The second-order valence-electron chi connectivity index (χ2n) is 4.58. The number of aromatic nitrogens is 2. The third kappa shape index (κ3) is 2.00. The van der Waals surface area contributed by atoms with Crippen molar-refractivity contribution in [3.63, 3.8) is 0 Å². The van der Waals surface area contributed by atoms with Gasteiger partial charge < -0.3 is 10.2 Å². The molecule has 3 rings (SSSR count). The van der Waals surface area contributed by atoms with E-state index in [0.29, 0.717) is 17.1 Å². The molecule has 2 aromatic heterocycles. The highest BCUT2D eigenvalue weighted by molar-refractivity contribution is 5.74. The van der Waals surface area contributed by atoms with Crippen molar-refractivity contribution in [3.05, 3.63) is 47.3 Å². The predicted octanol–water partition coefficient (Wildman–Crippen LogP) is 2.97. The smallest absolute Gasteiger partial charge is 0.210 e. The lowest BCUT2D eigenvalue weighted by Crippen LogP contribution is -1.95. The van der Waals surface area contributed by atoms with E-state index in [1.165, 1.54) is 11.1 Å². The van der Waals surface area contributed by atoms with Crippen LogP contribution in [0.25, 0.3) is 22.5 Å². The van der Waals surface area contributed by atoms with Gasteiger partial charge in [0.25, 0.3) is 0 Å². The first-order valence-electron chi connectivity index (χ1n) is 6.22. The van der Waals surface area contributed by atoms with Crippen molar-refractivity contribution >= 4 is 11.2 Å². The summed E-state index contributed by atoms with van der Waals surface area (Å²) < 4.78 is 5.46. The fourth-order valence-electron chi connectivity index (χ4n) is 2.13. The van der Waals surface area contributed by atoms with Crippen LogP contribution in [0.5, 0.6) is 0 Å². The maximum atomic E-state index is 5.52. The van der Waals surface area contributed by atoms with Gasteiger partial charge in [-0.25, -0.2) is 4.98 Å². The topological polar surface area (TPSA) is 64.9 Å². The Balaban J connectivity index is 2.17. The van der Waals surface area contributed by atoms with E-state index in [9.17, 15) is 0 Å². The zero-order chi connectivity index (χ0) is 13.4. The number of aryl methyl sites for hydroxylation is 1. The van der Waals surface area contributed by atoms with Gasteiger partial charge in [-0.05, 0) is 37.1 Å². The molecule has 0 saturated heterocycles. The van der Waals surface area contributed by atoms with Crippen LogP contribution in [0.3, 0.4) is 0 Å². The maximum absolute atomic E-state index is 5.52. The third-order valence-corrected chi connectivity index (χ3v) is 3.35. The van der Waals surface area contributed by atoms with Gasteiger partial charge in [-0.3, -0.25) is 0 Å². The minimum atomic E-state index is 0.287. The van der Waals surface area contributed by atoms with Crippen LogP contribution in [-0.2, 0) is 6.54 Å². The van der Waals surface area contributed by atoms with E-state index in [0.717, 1.165) is 11.3 Å². The first-order valence-corrected chi connectivity index (χ1v) is 6.22. The molecule has 0 saturated carbocycles. The van der Waals surface area contributed by atoms with Crippen LogP contribution in [0.15, 0.2) is 34.7 Å². The molecule has 0 radical (unpaired) electrons. The molecule has 0 amide bonds. The number of fused-ring (bicyclic) bond motifs is 1. The van der Waals surface area contributed by atoms with E-state index in [-0.39, 0.29) is 6.54 Å². The highest BCUT2D eigenvalue weighted by atomic mass is 16.3. The Morgan fingerprint density at radius 2 is 1.95 bits per heavy atom. The van der Waals surface area contributed by atoms with Crippen LogP contribution in [-0.4, -0.2) is 9.97 Å². The predicted molar refractivity (Wildman–Crippen MR) is 74.6 cm³/mol. The minimum Gasteiger partial charge on any atom is -0.438 e. The molecular weight excluding hydrogens is 238 g/mol. The van der Waals surface area contributed by atoms with Crippen molar-refractivity contribution < 1.29 is 4.42 Å². The molecule has 0 aliphatic rings. The monoisotopic (exact) mass is 253 g/mol. The van der Waals surface area contributed by atoms with Gasteiger partial charge in [-0.1, -0.05) is 18.2 Å². The van der Waals surface area contributed by atoms with Gasteiger partial charge >= 0.3 is 0 Å². The highest BCUT2D eigenvalue weighted by Crippen LogP contribution is 2.25. The maximum Gasteiger partial charge on any atom is 0.210 e. The summed E-state index contributed by atoms with van der Waals surface area (Å²) in [6.45, 7) is 4.49. The van der Waals surface area contributed by atoms with E-state index >= 15 is 0 Å². The van der Waals surface area contributed by atoms with Gasteiger partial charge in [0.05, 0.1) is 12.2 Å². The molecule has 4 heteroatoms. The van der Waals surface area contributed by atoms with Crippen molar-refractivity contribution in [2.75, 3.05) is 0 Å². The number of oxazole rings is 1. The van der Waals surface area contributed by atoms with Gasteiger partial charge in [-0.15, -0.1) is 0 Å². The number of pyridine rings is 1. The van der Waals surface area contributed by atoms with E-state index in [2.05, 4.69) is 35.9 Å². The summed E-state index contributed by atoms with van der Waals surface area (Å²) in [5.74, 6) is 0.514. The van der Waals surface area contributed by atoms with Gasteiger partial charge in [0.1, 0.15) is 0 Å². The Bertz CT molecular complexity index is 746. The fourth-order valence-corrected chi connectivity index (χ4v) is 2.13. The Hall–Kier alpha value is -2.20. The molecule has 4 nitrogen and oxygen atoms in total. The Morgan fingerprint density at radius 3 is 2.74 bits per heavy atom. The number of benzene rings is 1. The molecular formula is C15H15N3O. The van der Waals surface area contributed by atoms with E-state index in [4.69, 9.17) is 10.2 Å². The summed E-state index contributed by atoms with van der Waals surface area (Å²) in [7, 11) is 0. The average molecular weight is 253 g/mol. The molecule has 19 heavy (non-hydrogen) atoms. The fraction of sp³-hybridized carbons (Fsp3) is 0.200. The Morgan fingerprint density at radius 1 is 1.11 bits per heavy atom. The van der Waals surface area contributed by atoms with Crippen LogP contribution in [0, 0.1) is 13.8 Å². The lowest BCUT2D eigenvalue weighted by atomic mass is 10.0. The van der Waals surface area contributed by atoms with Crippen LogP contribution in [0.2, 0.25) is 0 Å². The Kier molecular flexibility index (Phi) is 2.80. The van der Waals surface area contributed by atoms with E-state index < -0.39 is 0 Å². The number of hydrogen-bond donors (Lipinski definition) is 1. The Labute approximate surface area is 111 Å². The lowest BCUT2D eigenvalue weighted by Gasteiger charge is -2.07. The molecule has 0 aliphatic carbocycles. The third-order valence-electron chi connectivity index (χ3n) is 3.35. The molecule has 0 bridgehead atoms. The molecule has 2 N–H and O–H groups in total. The molecule has 0 spiro atoms. The zero-order valence-electron chi connectivity index (χ0n) is 11.0. The van der Waals surface area contributed by atoms with E-state index in [1.807, 2.05) is 18.2 Å². The molecule has 1 aromatic carbocycles. The highest BCUT2D eigenvalue weighted by Gasteiger charge is 2.09. The normalized spacial score (nSPS) is 11.1. The second-order valence-corrected chi connectivity index (χ2v) is 4.58. The van der Waals surface area contributed by atoms with Crippen LogP contribution in [0.1, 0.15) is 17.0 Å². The minimum absolute atomic E-state index is 0.287. The largest absolute Gasteiger partial charge is 0.438 e. The van der Waals surface area contributed by atoms with E-state index in [1.54, 1.807) is 0 Å². The van der Waals surface area contributed by atoms with Crippen LogP contribution < -0.4 is 5.73 Å². The van der Waals surface area contributed by atoms with Crippen molar-refractivity contribution in [3.8, 4) is 11.3 Å². The number of nitrogens with zero attached hydrogens (tertiary/aromatic N) is 2. The molecule has 0 aliphatic heterocycles. The van der Waals surface area contributed by atoms with Crippen LogP contribution in [0.4, 0.5) is 0 Å². The summed E-state index contributed by atoms with van der Waals surface area (Å²) in [6, 6.07) is 10.1. The summed E-state index contributed by atoms with van der Waals surface area (Å²) in [5.41, 5.74) is 11.3. The number of hydrogen-bond acceptors (Lipinski definition) is 4. The lowest BCUT2D eigenvalue weighted by molar-refractivity contribution is 0.533. The summed E-state index contributed by atoms with van der Waals surface area (Å²) >= 11 is 0. The molecule has 2 heterocycles. The first-order chi connectivity index (χ1) is 9.19. The standard InChI is InChI=1S/C15H15N3O/c1-9-4-3-5-11(10(9)2)12-6-7-13-15(17-12)18-14(8-16)19-13/h3-7H,8,16H2,1-2H3. The molecule has 0 atom stereocenters. The van der Waals surface area contributed by atoms with Gasteiger partial charge in [0, 0.05) is 5.56 Å². The number of rotatable bonds is 2. The van der Waals surface area contributed by atoms with Gasteiger partial charge in [-0.2, -0.15) is 4.98 Å². The first kappa shape index (κ1) is 11.9. The molecule has 3 aromatic rings. The van der Waals surface area contributed by atoms with Crippen molar-refractivity contribution in [1.29, 1.82) is 0 Å². The van der Waals surface area contributed by atoms with Gasteiger partial charge in [0.2, 0.25) is 5.89 Å². The summed E-state index contributed by atoms with van der Waals surface area (Å²) in [6.07, 6.45) is 0. The second kappa shape index (κ2) is 4.48. The van der Waals surface area contributed by atoms with Crippen LogP contribution >= 0.6 is 0 Å². The average Bonchev–Trinajstić information content (AvgIpc) is 2.84. The molecule has 96 valence electrons. The number of nitrogens with two attached hydrogens (primary N) is 1. The van der Waals surface area contributed by atoms with Crippen molar-refractivity contribution in [2.45, 2.75) is 20.4 Å². The summed E-state index contributed by atoms with van der Waals surface area (Å²) in [5, 5.41) is 0. The quantitative estimate of drug-likeness (QED) is 0.762. The molecule has 0 fully saturated rings. The van der Waals surface area contributed by atoms with Crippen molar-refractivity contribution in [2.24, 2.45) is 5.73 Å². The van der Waals surface area contributed by atoms with Gasteiger partial charge in [0.15, 0.2) is 11.2 Å². The molecule has 0 unspecified atom stereocenters. The zero-order valence-corrected chi connectivity index (χ0v) is 11.0. The SMILES string of the molecule is Cc1cccc(-c2ccc3oc(CN)nc3n2)c1C. The van der Waals surface area contributed by atoms with Crippen molar-refractivity contribution in [1.82, 2.24) is 9.97 Å². The summed E-state index contributed by atoms with van der Waals surface area (Å²) in [4.78, 5) is 8.82.